The Hall–Kier alpha value is -3.51. The molecule has 2 aliphatic rings. The molecule has 2 saturated carbocycles. The van der Waals surface area contributed by atoms with Crippen LogP contribution in [-0.4, -0.2) is 65.4 Å². The number of anilines is 1. The van der Waals surface area contributed by atoms with Crippen molar-refractivity contribution < 1.29 is 9.35 Å². The second kappa shape index (κ2) is 11.9. The summed E-state index contributed by atoms with van der Waals surface area (Å²) in [5.74, 6) is 3.33. The lowest BCUT2D eigenvalue weighted by Crippen LogP contribution is -2.32. The van der Waals surface area contributed by atoms with Gasteiger partial charge in [0.15, 0.2) is 28.7 Å². The molecule has 0 saturated heterocycles. The van der Waals surface area contributed by atoms with Gasteiger partial charge < -0.3 is 14.8 Å². The number of aliphatic imine (C=N–C) groups is 1. The zero-order valence-corrected chi connectivity index (χ0v) is 24.4. The fourth-order valence-electron chi connectivity index (χ4n) is 4.68. The predicted molar refractivity (Wildman–Crippen MR) is 154 cm³/mol. The van der Waals surface area contributed by atoms with Crippen molar-refractivity contribution in [3.63, 3.8) is 0 Å². The fraction of sp³-hybridized carbons (Fsp3) is 0.500. The number of rotatable bonds is 11. The van der Waals surface area contributed by atoms with Crippen LogP contribution in [0.1, 0.15) is 68.4 Å². The maximum atomic E-state index is 12.1. The first-order chi connectivity index (χ1) is 19.3. The van der Waals surface area contributed by atoms with Gasteiger partial charge in [0.1, 0.15) is 23.6 Å². The largest absolute Gasteiger partial charge is 0.611 e. The van der Waals surface area contributed by atoms with Gasteiger partial charge in [-0.1, -0.05) is 0 Å². The minimum atomic E-state index is -1.12. The first-order valence-electron chi connectivity index (χ1n) is 13.7. The molecule has 2 aliphatic carbocycles. The van der Waals surface area contributed by atoms with Gasteiger partial charge in [-0.3, -0.25) is 4.79 Å². The van der Waals surface area contributed by atoms with Crippen LogP contribution >= 0.6 is 0 Å². The highest BCUT2D eigenvalue weighted by atomic mass is 32.2. The number of carbonyl (C=O) groups excluding carboxylic acids is 1. The molecule has 2 fully saturated rings. The number of hydrogen-bond acceptors (Lipinski definition) is 10. The van der Waals surface area contributed by atoms with Crippen LogP contribution in [0, 0.1) is 19.8 Å². The third-order valence-corrected chi connectivity index (χ3v) is 8.78. The number of aromatic nitrogens is 6. The molecule has 3 aromatic heterocycles. The zero-order chi connectivity index (χ0) is 28.4. The van der Waals surface area contributed by atoms with Crippen molar-refractivity contribution in [2.24, 2.45) is 10.9 Å². The van der Waals surface area contributed by atoms with Crippen molar-refractivity contribution in [1.29, 1.82) is 0 Å². The van der Waals surface area contributed by atoms with E-state index < -0.39 is 11.2 Å². The molecule has 12 heteroatoms. The quantitative estimate of drug-likeness (QED) is 0.159. The number of aldehydes is 1. The number of aryl methyl sites for hydroxylation is 2. The molecule has 0 bridgehead atoms. The molecule has 0 aromatic carbocycles. The molecular weight excluding hydrogens is 526 g/mol. The van der Waals surface area contributed by atoms with Crippen molar-refractivity contribution in [3.8, 4) is 11.4 Å². The smallest absolute Gasteiger partial charge is 0.189 e. The monoisotopic (exact) mass is 561 g/mol. The van der Waals surface area contributed by atoms with E-state index in [1.165, 1.54) is 12.8 Å². The van der Waals surface area contributed by atoms with Crippen LogP contribution in [0.3, 0.4) is 0 Å². The molecule has 2 unspecified atom stereocenters. The summed E-state index contributed by atoms with van der Waals surface area (Å²) >= 11 is -1.12. The molecule has 1 N–H and O–H groups in total. The summed E-state index contributed by atoms with van der Waals surface area (Å²) in [5.41, 5.74) is 3.92. The first-order valence-corrected chi connectivity index (χ1v) is 15.0. The van der Waals surface area contributed by atoms with Gasteiger partial charge in [0.25, 0.3) is 0 Å². The number of hydrogen-bond donors (Lipinski definition) is 1. The molecule has 2 atom stereocenters. The molecule has 3 heterocycles. The molecule has 210 valence electrons. The average molecular weight is 562 g/mol. The van der Waals surface area contributed by atoms with Crippen molar-refractivity contribution in [2.75, 3.05) is 17.7 Å². The van der Waals surface area contributed by atoms with E-state index >= 15 is 0 Å². The lowest BCUT2D eigenvalue weighted by molar-refractivity contribution is -0.102. The van der Waals surface area contributed by atoms with Gasteiger partial charge in [-0.25, -0.2) is 34.9 Å². The van der Waals surface area contributed by atoms with Gasteiger partial charge in [-0.15, -0.1) is 0 Å². The van der Waals surface area contributed by atoms with Crippen molar-refractivity contribution in [3.05, 3.63) is 41.6 Å². The minimum absolute atomic E-state index is 0.121. The lowest BCUT2D eigenvalue weighted by Gasteiger charge is -2.28. The van der Waals surface area contributed by atoms with Crippen LogP contribution in [0.4, 0.5) is 11.5 Å². The molecule has 5 rings (SSSR count). The summed E-state index contributed by atoms with van der Waals surface area (Å²) in [6, 6.07) is 0.250. The van der Waals surface area contributed by atoms with Gasteiger partial charge in [0.05, 0.1) is 41.6 Å². The SMILES string of the molecule is CC[S+]([O-])c1cnc(CN/C(C=O)=N/c2c(C)nc(-c3c(C)ncnc3C3CC3)nc2N(C)C(C)C2CC2)nc1. The summed E-state index contributed by atoms with van der Waals surface area (Å²) in [7, 11) is 2.02. The molecule has 0 aliphatic heterocycles. The normalized spacial score (nSPS) is 16.9. The number of nitrogens with one attached hydrogen (secondary N) is 1. The summed E-state index contributed by atoms with van der Waals surface area (Å²) in [6.07, 6.45) is 9.96. The van der Waals surface area contributed by atoms with E-state index in [9.17, 15) is 9.35 Å². The highest BCUT2D eigenvalue weighted by Crippen LogP contribution is 2.44. The Labute approximate surface area is 237 Å². The number of carbonyl (C=O) groups is 1. The highest BCUT2D eigenvalue weighted by molar-refractivity contribution is 7.91. The molecule has 0 radical (unpaired) electrons. The molecular formula is C28H35N9O2S. The Bertz CT molecular complexity index is 1410. The van der Waals surface area contributed by atoms with Crippen molar-refractivity contribution in [2.45, 2.75) is 76.8 Å². The van der Waals surface area contributed by atoms with E-state index in [0.717, 1.165) is 29.8 Å². The molecule has 0 spiro atoms. The molecule has 11 nitrogen and oxygen atoms in total. The Morgan fingerprint density at radius 1 is 1.15 bits per heavy atom. The standard InChI is InChI=1S/C28H35N9O2S/c1-6-40(39)21-11-29-22(30-12-21)13-31-23(14-38)35-25-17(3)34-27(36-28(25)37(5)18(4)19-7-8-19)24-16(2)32-15-33-26(24)20-9-10-20/h11-12,14-15,18-20H,6-10,13H2,1-5H3,(H,31,35). The third-order valence-electron chi connectivity index (χ3n) is 7.52. The second-order valence-electron chi connectivity index (χ2n) is 10.4. The van der Waals surface area contributed by atoms with E-state index in [1.807, 2.05) is 27.8 Å². The molecule has 3 aromatic rings. The van der Waals surface area contributed by atoms with Crippen LogP contribution in [0.25, 0.3) is 11.4 Å². The Morgan fingerprint density at radius 3 is 2.50 bits per heavy atom. The summed E-state index contributed by atoms with van der Waals surface area (Å²) in [6.45, 7) is 8.07. The van der Waals surface area contributed by atoms with Crippen molar-refractivity contribution >= 4 is 34.8 Å². The first kappa shape index (κ1) is 28.0. The fourth-order valence-corrected chi connectivity index (χ4v) is 5.35. The van der Waals surface area contributed by atoms with Crippen LogP contribution in [0.2, 0.25) is 0 Å². The van der Waals surface area contributed by atoms with Crippen LogP contribution in [0.15, 0.2) is 28.6 Å². The van der Waals surface area contributed by atoms with Gasteiger partial charge >= 0.3 is 0 Å². The summed E-state index contributed by atoms with van der Waals surface area (Å²) in [4.78, 5) is 47.0. The maximum absolute atomic E-state index is 12.1. The van der Waals surface area contributed by atoms with Crippen LogP contribution < -0.4 is 10.2 Å². The highest BCUT2D eigenvalue weighted by Gasteiger charge is 2.34. The van der Waals surface area contributed by atoms with E-state index in [1.54, 1.807) is 18.7 Å². The second-order valence-corrected chi connectivity index (χ2v) is 12.2. The van der Waals surface area contributed by atoms with E-state index in [0.29, 0.717) is 57.6 Å². The van der Waals surface area contributed by atoms with E-state index in [4.69, 9.17) is 15.0 Å². The summed E-state index contributed by atoms with van der Waals surface area (Å²) in [5, 5.41) is 3.03. The average Bonchev–Trinajstić information content (AvgIpc) is 3.88. The van der Waals surface area contributed by atoms with Crippen molar-refractivity contribution in [1.82, 2.24) is 35.2 Å². The topological polar surface area (TPSA) is 145 Å². The van der Waals surface area contributed by atoms with Crippen LogP contribution in [0.5, 0.6) is 0 Å². The third kappa shape index (κ3) is 6.12. The van der Waals surface area contributed by atoms with E-state index in [2.05, 4.69) is 37.1 Å². The molecule has 0 amide bonds. The Morgan fingerprint density at radius 2 is 1.88 bits per heavy atom. The van der Waals surface area contributed by atoms with E-state index in [-0.39, 0.29) is 18.4 Å². The minimum Gasteiger partial charge on any atom is -0.611 e. The number of nitrogens with zero attached hydrogens (tertiary/aromatic N) is 8. The zero-order valence-electron chi connectivity index (χ0n) is 23.6. The van der Waals surface area contributed by atoms with Gasteiger partial charge in [-0.05, 0) is 70.5 Å². The predicted octanol–water partition coefficient (Wildman–Crippen LogP) is 3.60. The van der Waals surface area contributed by atoms with Crippen LogP contribution in [-0.2, 0) is 22.5 Å². The Kier molecular flexibility index (Phi) is 8.36. The molecule has 40 heavy (non-hydrogen) atoms. The van der Waals surface area contributed by atoms with Gasteiger partial charge in [0, 0.05) is 19.0 Å². The van der Waals surface area contributed by atoms with Gasteiger partial charge in [-0.2, -0.15) is 0 Å². The maximum Gasteiger partial charge on any atom is 0.189 e. The number of amidine groups is 1. The van der Waals surface area contributed by atoms with Gasteiger partial charge in [0.2, 0.25) is 0 Å². The summed E-state index contributed by atoms with van der Waals surface area (Å²) < 4.78 is 12.0. The Balaban J connectivity index is 1.49. The lowest BCUT2D eigenvalue weighted by atomic mass is 10.1.